The van der Waals surface area contributed by atoms with Gasteiger partial charge in [-0.3, -0.25) is 10.1 Å². The van der Waals surface area contributed by atoms with Gasteiger partial charge < -0.3 is 10.6 Å². The van der Waals surface area contributed by atoms with Crippen molar-refractivity contribution in [3.05, 3.63) is 45.0 Å². The maximum atomic E-state index is 10.6. The summed E-state index contributed by atoms with van der Waals surface area (Å²) < 4.78 is 0. The molecule has 1 aliphatic rings. The lowest BCUT2D eigenvalue weighted by atomic mass is 10.1. The maximum absolute atomic E-state index is 10.6. The molecular weight excluding hydrogens is 266 g/mol. The molecule has 0 bridgehead atoms. The van der Waals surface area contributed by atoms with Gasteiger partial charge in [-0.2, -0.15) is 0 Å². The maximum Gasteiger partial charge on any atom is 0.271 e. The molecule has 0 spiro atoms. The van der Waals surface area contributed by atoms with Crippen molar-refractivity contribution in [2.45, 2.75) is 12.8 Å². The predicted octanol–water partition coefficient (Wildman–Crippen LogP) is 2.97. The lowest BCUT2D eigenvalue weighted by Crippen LogP contribution is -2.21. The fourth-order valence-corrected chi connectivity index (χ4v) is 2.26. The zero-order chi connectivity index (χ0) is 13.7. The molecule has 0 saturated carbocycles. The Kier molecular flexibility index (Phi) is 4.76. The largest absolute Gasteiger partial charge is 0.384 e. The Bertz CT molecular complexity index is 503. The molecule has 2 N–H and O–H groups in total. The number of benzene rings is 1. The van der Waals surface area contributed by atoms with E-state index in [0.717, 1.165) is 38.2 Å². The Morgan fingerprint density at radius 2 is 2.32 bits per heavy atom. The van der Waals surface area contributed by atoms with Gasteiger partial charge in [0.1, 0.15) is 0 Å². The number of non-ortho nitro benzene ring substituents is 1. The van der Waals surface area contributed by atoms with Gasteiger partial charge in [0.15, 0.2) is 0 Å². The van der Waals surface area contributed by atoms with Crippen LogP contribution in [0.25, 0.3) is 0 Å². The molecule has 1 aliphatic heterocycles. The average molecular weight is 282 g/mol. The molecule has 0 radical (unpaired) electrons. The smallest absolute Gasteiger partial charge is 0.271 e. The van der Waals surface area contributed by atoms with Crippen molar-refractivity contribution in [2.75, 3.05) is 25.0 Å². The van der Waals surface area contributed by atoms with Crippen LogP contribution in [0.1, 0.15) is 12.8 Å². The quantitative estimate of drug-likeness (QED) is 0.495. The number of hydrogen-bond acceptors (Lipinski definition) is 4. The zero-order valence-corrected chi connectivity index (χ0v) is 11.2. The summed E-state index contributed by atoms with van der Waals surface area (Å²) in [6.45, 7) is 2.75. The SMILES string of the molecule is O=[N+]([O-])c1ccc(NCCC2=CCNCC2)c(Cl)c1. The first-order valence-electron chi connectivity index (χ1n) is 6.23. The summed E-state index contributed by atoms with van der Waals surface area (Å²) >= 11 is 6.00. The monoisotopic (exact) mass is 281 g/mol. The van der Waals surface area contributed by atoms with Crippen LogP contribution in [0.3, 0.4) is 0 Å². The molecule has 5 nitrogen and oxygen atoms in total. The van der Waals surface area contributed by atoms with Crippen LogP contribution in [-0.2, 0) is 0 Å². The molecule has 0 unspecified atom stereocenters. The Labute approximate surface area is 116 Å². The Morgan fingerprint density at radius 1 is 1.47 bits per heavy atom. The molecular formula is C13H16ClN3O2. The van der Waals surface area contributed by atoms with E-state index in [0.29, 0.717) is 5.02 Å². The van der Waals surface area contributed by atoms with Crippen LogP contribution in [0.15, 0.2) is 29.8 Å². The van der Waals surface area contributed by atoms with E-state index in [2.05, 4.69) is 16.7 Å². The highest BCUT2D eigenvalue weighted by Gasteiger charge is 2.09. The zero-order valence-electron chi connectivity index (χ0n) is 10.5. The average Bonchev–Trinajstić information content (AvgIpc) is 2.41. The van der Waals surface area contributed by atoms with Crippen molar-refractivity contribution in [3.63, 3.8) is 0 Å². The van der Waals surface area contributed by atoms with Gasteiger partial charge in [0, 0.05) is 25.2 Å². The van der Waals surface area contributed by atoms with Crippen LogP contribution in [0, 0.1) is 10.1 Å². The Morgan fingerprint density at radius 3 is 2.95 bits per heavy atom. The van der Waals surface area contributed by atoms with E-state index < -0.39 is 4.92 Å². The van der Waals surface area contributed by atoms with Crippen molar-refractivity contribution in [2.24, 2.45) is 0 Å². The predicted molar refractivity (Wildman–Crippen MR) is 76.8 cm³/mol. The van der Waals surface area contributed by atoms with Crippen LogP contribution in [0.5, 0.6) is 0 Å². The third-order valence-electron chi connectivity index (χ3n) is 3.08. The molecule has 2 rings (SSSR count). The van der Waals surface area contributed by atoms with E-state index in [1.165, 1.54) is 17.7 Å². The summed E-state index contributed by atoms with van der Waals surface area (Å²) in [5.74, 6) is 0. The van der Waals surface area contributed by atoms with Gasteiger partial charge in [-0.25, -0.2) is 0 Å². The van der Waals surface area contributed by atoms with Crippen molar-refractivity contribution >= 4 is 23.0 Å². The second kappa shape index (κ2) is 6.54. The van der Waals surface area contributed by atoms with Crippen LogP contribution >= 0.6 is 11.6 Å². The fraction of sp³-hybridized carbons (Fsp3) is 0.385. The second-order valence-electron chi connectivity index (χ2n) is 4.41. The molecule has 0 aromatic heterocycles. The van der Waals surface area contributed by atoms with E-state index in [1.54, 1.807) is 6.07 Å². The first-order valence-corrected chi connectivity index (χ1v) is 6.61. The number of hydrogen-bond donors (Lipinski definition) is 2. The van der Waals surface area contributed by atoms with Crippen molar-refractivity contribution in [1.82, 2.24) is 5.32 Å². The molecule has 0 saturated heterocycles. The van der Waals surface area contributed by atoms with E-state index in [9.17, 15) is 10.1 Å². The van der Waals surface area contributed by atoms with E-state index in [-0.39, 0.29) is 5.69 Å². The first-order chi connectivity index (χ1) is 9.16. The number of nitro groups is 1. The lowest BCUT2D eigenvalue weighted by Gasteiger charge is -2.15. The van der Waals surface area contributed by atoms with Crippen LogP contribution in [0.4, 0.5) is 11.4 Å². The minimum atomic E-state index is -0.449. The summed E-state index contributed by atoms with van der Waals surface area (Å²) in [6.07, 6.45) is 4.26. The lowest BCUT2D eigenvalue weighted by molar-refractivity contribution is -0.384. The molecule has 1 aromatic rings. The first kappa shape index (κ1) is 13.8. The summed E-state index contributed by atoms with van der Waals surface area (Å²) in [5, 5.41) is 17.5. The Hall–Kier alpha value is -1.59. The molecule has 19 heavy (non-hydrogen) atoms. The number of anilines is 1. The number of nitrogens with one attached hydrogen (secondary N) is 2. The molecule has 102 valence electrons. The normalized spacial score (nSPS) is 14.9. The summed E-state index contributed by atoms with van der Waals surface area (Å²) in [4.78, 5) is 10.1. The van der Waals surface area contributed by atoms with Gasteiger partial charge in [-0.05, 0) is 25.5 Å². The number of nitro benzene ring substituents is 1. The summed E-state index contributed by atoms with van der Waals surface area (Å²) in [7, 11) is 0. The molecule has 1 aromatic carbocycles. The minimum Gasteiger partial charge on any atom is -0.384 e. The fourth-order valence-electron chi connectivity index (χ4n) is 2.02. The van der Waals surface area contributed by atoms with E-state index in [1.807, 2.05) is 0 Å². The second-order valence-corrected chi connectivity index (χ2v) is 4.82. The molecule has 0 amide bonds. The van der Waals surface area contributed by atoms with Gasteiger partial charge >= 0.3 is 0 Å². The molecule has 0 fully saturated rings. The van der Waals surface area contributed by atoms with Crippen molar-refractivity contribution < 1.29 is 4.92 Å². The van der Waals surface area contributed by atoms with Gasteiger partial charge in [0.05, 0.1) is 15.6 Å². The molecule has 6 heteroatoms. The van der Waals surface area contributed by atoms with Gasteiger partial charge in [-0.15, -0.1) is 0 Å². The summed E-state index contributed by atoms with van der Waals surface area (Å²) in [6, 6.07) is 4.48. The Balaban J connectivity index is 1.89. The number of halogens is 1. The highest BCUT2D eigenvalue weighted by molar-refractivity contribution is 6.33. The van der Waals surface area contributed by atoms with Gasteiger partial charge in [0.25, 0.3) is 5.69 Å². The standard InChI is InChI=1S/C13H16ClN3O2/c14-12-9-11(17(18)19)1-2-13(12)16-8-5-10-3-6-15-7-4-10/h1-3,9,15-16H,4-8H2. The number of rotatable bonds is 5. The third kappa shape index (κ3) is 3.94. The van der Waals surface area contributed by atoms with Gasteiger partial charge in [0.2, 0.25) is 0 Å². The van der Waals surface area contributed by atoms with E-state index >= 15 is 0 Å². The van der Waals surface area contributed by atoms with Crippen LogP contribution in [-0.4, -0.2) is 24.6 Å². The minimum absolute atomic E-state index is 0.0108. The molecule has 0 aliphatic carbocycles. The molecule has 1 heterocycles. The summed E-state index contributed by atoms with van der Waals surface area (Å²) in [5.41, 5.74) is 2.18. The van der Waals surface area contributed by atoms with Crippen molar-refractivity contribution in [1.29, 1.82) is 0 Å². The third-order valence-corrected chi connectivity index (χ3v) is 3.40. The molecule has 0 atom stereocenters. The van der Waals surface area contributed by atoms with Crippen LogP contribution < -0.4 is 10.6 Å². The van der Waals surface area contributed by atoms with Gasteiger partial charge in [-0.1, -0.05) is 23.3 Å². The van der Waals surface area contributed by atoms with E-state index in [4.69, 9.17) is 11.6 Å². The highest BCUT2D eigenvalue weighted by atomic mass is 35.5. The topological polar surface area (TPSA) is 67.2 Å². The number of nitrogens with zero attached hydrogens (tertiary/aromatic N) is 1. The highest BCUT2D eigenvalue weighted by Crippen LogP contribution is 2.26. The van der Waals surface area contributed by atoms with Crippen molar-refractivity contribution in [3.8, 4) is 0 Å². The van der Waals surface area contributed by atoms with Crippen LogP contribution in [0.2, 0.25) is 5.02 Å².